The van der Waals surface area contributed by atoms with Gasteiger partial charge in [-0.1, -0.05) is 19.8 Å². The number of nitrogens with two attached hydrogens (primary N) is 1. The van der Waals surface area contributed by atoms with Gasteiger partial charge in [0, 0.05) is 6.20 Å². The van der Waals surface area contributed by atoms with Crippen LogP contribution in [0.2, 0.25) is 0 Å². The van der Waals surface area contributed by atoms with Crippen LogP contribution in [0.3, 0.4) is 0 Å². The maximum atomic E-state index is 5.43. The normalized spacial score (nSPS) is 9.83. The quantitative estimate of drug-likeness (QED) is 0.629. The van der Waals surface area contributed by atoms with Gasteiger partial charge in [-0.2, -0.15) is 0 Å². The molecule has 1 aromatic heterocycles. The molecule has 0 aromatic carbocycles. The van der Waals surface area contributed by atoms with Gasteiger partial charge in [-0.15, -0.1) is 6.42 Å². The first-order valence-electron chi connectivity index (χ1n) is 3.74. The minimum atomic E-state index is 0.276. The van der Waals surface area contributed by atoms with Crippen molar-refractivity contribution in [2.24, 2.45) is 0 Å². The van der Waals surface area contributed by atoms with E-state index in [1.807, 2.05) is 13.8 Å². The van der Waals surface area contributed by atoms with Crippen LogP contribution in [0.4, 0.5) is 5.95 Å². The average molecular weight is 161 g/mol. The Morgan fingerprint density at radius 3 is 2.75 bits per heavy atom. The third-order valence-corrected chi connectivity index (χ3v) is 1.54. The maximum Gasteiger partial charge on any atom is 0.220 e. The molecule has 3 nitrogen and oxygen atoms in total. The highest BCUT2D eigenvalue weighted by molar-refractivity contribution is 5.38. The van der Waals surface area contributed by atoms with Crippen molar-refractivity contribution in [2.45, 2.75) is 19.8 Å². The second-order valence-electron chi connectivity index (χ2n) is 2.83. The number of anilines is 1. The second kappa shape index (κ2) is 3.22. The number of rotatable bonds is 1. The number of aromatic nitrogens is 2. The Balaban J connectivity index is 3.24. The molecule has 0 unspecified atom stereocenters. The van der Waals surface area contributed by atoms with Gasteiger partial charge in [-0.3, -0.25) is 0 Å². The average Bonchev–Trinajstić information content (AvgIpc) is 2.04. The summed E-state index contributed by atoms with van der Waals surface area (Å²) in [5, 5.41) is 0. The first kappa shape index (κ1) is 8.54. The lowest BCUT2D eigenvalue weighted by Gasteiger charge is -2.06. The molecule has 0 saturated heterocycles. The smallest absolute Gasteiger partial charge is 0.220 e. The summed E-state index contributed by atoms with van der Waals surface area (Å²) < 4.78 is 0. The highest BCUT2D eigenvalue weighted by Crippen LogP contribution is 2.15. The summed E-state index contributed by atoms with van der Waals surface area (Å²) >= 11 is 0. The molecule has 12 heavy (non-hydrogen) atoms. The molecule has 0 aliphatic heterocycles. The zero-order chi connectivity index (χ0) is 9.14. The number of terminal acetylenes is 1. The Kier molecular flexibility index (Phi) is 2.29. The van der Waals surface area contributed by atoms with Gasteiger partial charge in [-0.05, 0) is 5.92 Å². The lowest BCUT2D eigenvalue weighted by atomic mass is 10.1. The lowest BCUT2D eigenvalue weighted by molar-refractivity contribution is 0.813. The number of hydrogen-bond acceptors (Lipinski definition) is 3. The molecule has 0 aliphatic carbocycles. The SMILES string of the molecule is C#Cc1cnc(N)nc1C(C)C. The zero-order valence-corrected chi connectivity index (χ0v) is 7.20. The Morgan fingerprint density at radius 1 is 1.58 bits per heavy atom. The summed E-state index contributed by atoms with van der Waals surface area (Å²) in [6, 6.07) is 0. The molecule has 3 heteroatoms. The van der Waals surface area contributed by atoms with Crippen LogP contribution >= 0.6 is 0 Å². The monoisotopic (exact) mass is 161 g/mol. The first-order valence-corrected chi connectivity index (χ1v) is 3.74. The fourth-order valence-electron chi connectivity index (χ4n) is 0.961. The summed E-state index contributed by atoms with van der Waals surface area (Å²) in [5.41, 5.74) is 6.99. The van der Waals surface area contributed by atoms with E-state index in [-0.39, 0.29) is 11.9 Å². The van der Waals surface area contributed by atoms with E-state index in [9.17, 15) is 0 Å². The molecule has 0 fully saturated rings. The third-order valence-electron chi connectivity index (χ3n) is 1.54. The van der Waals surface area contributed by atoms with Gasteiger partial charge < -0.3 is 5.73 Å². The second-order valence-corrected chi connectivity index (χ2v) is 2.83. The van der Waals surface area contributed by atoms with E-state index < -0.39 is 0 Å². The number of nitrogen functional groups attached to an aromatic ring is 1. The third kappa shape index (κ3) is 1.54. The lowest BCUT2D eigenvalue weighted by Crippen LogP contribution is -2.03. The van der Waals surface area contributed by atoms with Crippen molar-refractivity contribution >= 4 is 5.95 Å². The largest absolute Gasteiger partial charge is 0.368 e. The van der Waals surface area contributed by atoms with Crippen LogP contribution < -0.4 is 5.73 Å². The highest BCUT2D eigenvalue weighted by atomic mass is 15.0. The van der Waals surface area contributed by atoms with Crippen LogP contribution in [0.15, 0.2) is 6.20 Å². The van der Waals surface area contributed by atoms with Crippen LogP contribution in [0.1, 0.15) is 31.0 Å². The Bertz CT molecular complexity index is 323. The standard InChI is InChI=1S/C9H11N3/c1-4-7-5-11-9(10)12-8(7)6(2)3/h1,5-6H,2-3H3,(H2,10,11,12). The van der Waals surface area contributed by atoms with Crippen molar-refractivity contribution in [1.29, 1.82) is 0 Å². The van der Waals surface area contributed by atoms with Crippen LogP contribution in [0, 0.1) is 12.3 Å². The van der Waals surface area contributed by atoms with E-state index >= 15 is 0 Å². The van der Waals surface area contributed by atoms with E-state index in [1.165, 1.54) is 0 Å². The maximum absolute atomic E-state index is 5.43. The molecule has 1 rings (SSSR count). The van der Waals surface area contributed by atoms with Crippen molar-refractivity contribution in [3.63, 3.8) is 0 Å². The van der Waals surface area contributed by atoms with Gasteiger partial charge in [0.15, 0.2) is 0 Å². The van der Waals surface area contributed by atoms with Gasteiger partial charge in [0.1, 0.15) is 0 Å². The minimum absolute atomic E-state index is 0.276. The van der Waals surface area contributed by atoms with Crippen molar-refractivity contribution < 1.29 is 0 Å². The minimum Gasteiger partial charge on any atom is -0.368 e. The Labute approximate surface area is 72.0 Å². The molecule has 1 aromatic rings. The molecule has 0 amide bonds. The summed E-state index contributed by atoms with van der Waals surface area (Å²) in [7, 11) is 0. The van der Waals surface area contributed by atoms with Crippen molar-refractivity contribution in [3.05, 3.63) is 17.5 Å². The molecule has 0 saturated carbocycles. The highest BCUT2D eigenvalue weighted by Gasteiger charge is 2.07. The topological polar surface area (TPSA) is 51.8 Å². The molecule has 1 heterocycles. The summed E-state index contributed by atoms with van der Waals surface area (Å²) in [4.78, 5) is 7.88. The van der Waals surface area contributed by atoms with Crippen molar-refractivity contribution in [2.75, 3.05) is 5.73 Å². The van der Waals surface area contributed by atoms with Gasteiger partial charge in [0.2, 0.25) is 5.95 Å². The molecule has 2 N–H and O–H groups in total. The van der Waals surface area contributed by atoms with Gasteiger partial charge in [0.05, 0.1) is 11.3 Å². The van der Waals surface area contributed by atoms with E-state index in [4.69, 9.17) is 12.2 Å². The van der Waals surface area contributed by atoms with Crippen molar-refractivity contribution in [1.82, 2.24) is 9.97 Å². The fraction of sp³-hybridized carbons (Fsp3) is 0.333. The Morgan fingerprint density at radius 2 is 2.25 bits per heavy atom. The van der Waals surface area contributed by atoms with E-state index in [0.717, 1.165) is 11.3 Å². The van der Waals surface area contributed by atoms with Crippen LogP contribution in [-0.2, 0) is 0 Å². The van der Waals surface area contributed by atoms with Crippen LogP contribution in [0.5, 0.6) is 0 Å². The predicted octanol–water partition coefficient (Wildman–Crippen LogP) is 1.16. The molecular formula is C9H11N3. The molecular weight excluding hydrogens is 150 g/mol. The van der Waals surface area contributed by atoms with Gasteiger partial charge >= 0.3 is 0 Å². The number of hydrogen-bond donors (Lipinski definition) is 1. The molecule has 0 radical (unpaired) electrons. The molecule has 0 spiro atoms. The van der Waals surface area contributed by atoms with Crippen LogP contribution in [-0.4, -0.2) is 9.97 Å². The first-order chi connectivity index (χ1) is 5.65. The van der Waals surface area contributed by atoms with E-state index in [0.29, 0.717) is 0 Å². The summed E-state index contributed by atoms with van der Waals surface area (Å²) in [5.74, 6) is 3.08. The van der Waals surface area contributed by atoms with Gasteiger partial charge in [-0.25, -0.2) is 9.97 Å². The Hall–Kier alpha value is -1.56. The van der Waals surface area contributed by atoms with Crippen molar-refractivity contribution in [3.8, 4) is 12.3 Å². The van der Waals surface area contributed by atoms with Crippen LogP contribution in [0.25, 0.3) is 0 Å². The fourth-order valence-corrected chi connectivity index (χ4v) is 0.961. The van der Waals surface area contributed by atoms with Gasteiger partial charge in [0.25, 0.3) is 0 Å². The number of nitrogens with zero attached hydrogens (tertiary/aromatic N) is 2. The molecule has 62 valence electrons. The summed E-state index contributed by atoms with van der Waals surface area (Å²) in [6.45, 7) is 4.03. The van der Waals surface area contributed by atoms with E-state index in [2.05, 4.69) is 15.9 Å². The van der Waals surface area contributed by atoms with E-state index in [1.54, 1.807) is 6.20 Å². The molecule has 0 aliphatic rings. The molecule has 0 atom stereocenters. The molecule has 0 bridgehead atoms. The predicted molar refractivity (Wildman–Crippen MR) is 48.5 cm³/mol. The summed E-state index contributed by atoms with van der Waals surface area (Å²) in [6.07, 6.45) is 6.85. The zero-order valence-electron chi connectivity index (χ0n) is 7.20.